The molecule has 0 atom stereocenters. The zero-order chi connectivity index (χ0) is 10.8. The van der Waals surface area contributed by atoms with Gasteiger partial charge in [0.1, 0.15) is 0 Å². The topological polar surface area (TPSA) is 52.0 Å². The molecule has 0 aliphatic heterocycles. The van der Waals surface area contributed by atoms with Crippen molar-refractivity contribution >= 4 is 11.4 Å². The Labute approximate surface area is 91.7 Å². The Balaban J connectivity index is 2.12. The first-order valence-electron chi connectivity index (χ1n) is 5.81. The number of rotatable bonds is 1. The van der Waals surface area contributed by atoms with Gasteiger partial charge < -0.3 is 11.5 Å². The minimum absolute atomic E-state index is 0.697. The standard InChI is InChI=1S/C13H20N2/c1-9-2-4-10(5-3-9)11-6-7-12(14)13(15)8-11/h6-10H,2-5,14-15H2,1H3. The molecule has 0 aromatic heterocycles. The van der Waals surface area contributed by atoms with Crippen LogP contribution in [0.25, 0.3) is 0 Å². The third kappa shape index (κ3) is 2.25. The van der Waals surface area contributed by atoms with Crippen LogP contribution in [0, 0.1) is 5.92 Å². The normalized spacial score (nSPS) is 26.5. The molecule has 0 radical (unpaired) electrons. The van der Waals surface area contributed by atoms with Crippen molar-refractivity contribution in [2.24, 2.45) is 5.92 Å². The zero-order valence-corrected chi connectivity index (χ0v) is 9.37. The molecule has 82 valence electrons. The lowest BCUT2D eigenvalue weighted by Gasteiger charge is -2.26. The molecule has 2 nitrogen and oxygen atoms in total. The molecule has 2 rings (SSSR count). The Bertz CT molecular complexity index is 338. The van der Waals surface area contributed by atoms with E-state index >= 15 is 0 Å². The van der Waals surface area contributed by atoms with Crippen LogP contribution in [-0.4, -0.2) is 0 Å². The van der Waals surface area contributed by atoms with Crippen molar-refractivity contribution in [2.45, 2.75) is 38.5 Å². The maximum absolute atomic E-state index is 5.83. The maximum atomic E-state index is 5.83. The van der Waals surface area contributed by atoms with E-state index in [2.05, 4.69) is 19.1 Å². The Kier molecular flexibility index (Phi) is 2.85. The first-order valence-corrected chi connectivity index (χ1v) is 5.81. The van der Waals surface area contributed by atoms with Gasteiger partial charge in [-0.3, -0.25) is 0 Å². The van der Waals surface area contributed by atoms with E-state index in [1.807, 2.05) is 6.07 Å². The second kappa shape index (κ2) is 4.13. The van der Waals surface area contributed by atoms with Crippen LogP contribution in [0.4, 0.5) is 11.4 Å². The summed E-state index contributed by atoms with van der Waals surface area (Å²) in [6.45, 7) is 2.34. The van der Waals surface area contributed by atoms with Crippen LogP contribution in [0.2, 0.25) is 0 Å². The first kappa shape index (κ1) is 10.3. The quantitative estimate of drug-likeness (QED) is 0.690. The molecule has 0 amide bonds. The third-order valence-electron chi connectivity index (χ3n) is 3.60. The molecule has 1 aromatic rings. The molecule has 0 spiro atoms. The second-order valence-electron chi connectivity index (χ2n) is 4.85. The van der Waals surface area contributed by atoms with E-state index in [0.29, 0.717) is 11.6 Å². The number of benzene rings is 1. The fourth-order valence-electron chi connectivity index (χ4n) is 2.44. The average molecular weight is 204 g/mol. The summed E-state index contributed by atoms with van der Waals surface area (Å²) in [6, 6.07) is 6.12. The molecular formula is C13H20N2. The van der Waals surface area contributed by atoms with Crippen LogP contribution in [0.3, 0.4) is 0 Å². The maximum Gasteiger partial charge on any atom is 0.0550 e. The molecule has 1 aliphatic rings. The van der Waals surface area contributed by atoms with Gasteiger partial charge >= 0.3 is 0 Å². The Morgan fingerprint density at radius 3 is 2.27 bits per heavy atom. The van der Waals surface area contributed by atoms with Gasteiger partial charge in [0.2, 0.25) is 0 Å². The van der Waals surface area contributed by atoms with Crippen LogP contribution in [0.15, 0.2) is 18.2 Å². The van der Waals surface area contributed by atoms with Gasteiger partial charge in [-0.25, -0.2) is 0 Å². The highest BCUT2D eigenvalue weighted by Gasteiger charge is 2.19. The van der Waals surface area contributed by atoms with Crippen LogP contribution >= 0.6 is 0 Å². The largest absolute Gasteiger partial charge is 0.397 e. The number of nitrogens with two attached hydrogens (primary N) is 2. The zero-order valence-electron chi connectivity index (χ0n) is 9.37. The van der Waals surface area contributed by atoms with E-state index in [4.69, 9.17) is 11.5 Å². The molecule has 0 unspecified atom stereocenters. The summed E-state index contributed by atoms with van der Waals surface area (Å²) < 4.78 is 0. The highest BCUT2D eigenvalue weighted by molar-refractivity contribution is 5.64. The van der Waals surface area contributed by atoms with Gasteiger partial charge in [-0.05, 0) is 42.4 Å². The van der Waals surface area contributed by atoms with Crippen molar-refractivity contribution in [2.75, 3.05) is 11.5 Å². The van der Waals surface area contributed by atoms with Gasteiger partial charge in [0, 0.05) is 0 Å². The van der Waals surface area contributed by atoms with E-state index in [-0.39, 0.29) is 0 Å². The molecule has 1 aliphatic carbocycles. The van der Waals surface area contributed by atoms with E-state index in [1.165, 1.54) is 31.2 Å². The number of hydrogen-bond donors (Lipinski definition) is 2. The summed E-state index contributed by atoms with van der Waals surface area (Å²) in [6.07, 6.45) is 5.28. The first-order chi connectivity index (χ1) is 7.16. The molecule has 2 heteroatoms. The lowest BCUT2D eigenvalue weighted by Crippen LogP contribution is -2.11. The number of nitrogen functional groups attached to an aromatic ring is 2. The Morgan fingerprint density at radius 1 is 1.00 bits per heavy atom. The molecule has 1 aromatic carbocycles. The van der Waals surface area contributed by atoms with E-state index in [0.717, 1.165) is 11.6 Å². The molecule has 1 saturated carbocycles. The summed E-state index contributed by atoms with van der Waals surface area (Å²) in [4.78, 5) is 0. The highest BCUT2D eigenvalue weighted by Crippen LogP contribution is 2.36. The molecule has 15 heavy (non-hydrogen) atoms. The predicted molar refractivity (Wildman–Crippen MR) is 65.6 cm³/mol. The number of anilines is 2. The molecule has 1 fully saturated rings. The smallest absolute Gasteiger partial charge is 0.0550 e. The summed E-state index contributed by atoms with van der Waals surface area (Å²) in [5, 5.41) is 0. The van der Waals surface area contributed by atoms with Crippen molar-refractivity contribution in [3.63, 3.8) is 0 Å². The van der Waals surface area contributed by atoms with Crippen molar-refractivity contribution < 1.29 is 0 Å². The minimum atomic E-state index is 0.697. The summed E-state index contributed by atoms with van der Waals surface area (Å²) in [5.41, 5.74) is 14.3. The van der Waals surface area contributed by atoms with Crippen LogP contribution in [0.5, 0.6) is 0 Å². The van der Waals surface area contributed by atoms with Crippen LogP contribution < -0.4 is 11.5 Å². The van der Waals surface area contributed by atoms with E-state index in [9.17, 15) is 0 Å². The van der Waals surface area contributed by atoms with Gasteiger partial charge in [0.15, 0.2) is 0 Å². The Morgan fingerprint density at radius 2 is 1.67 bits per heavy atom. The second-order valence-corrected chi connectivity index (χ2v) is 4.85. The summed E-state index contributed by atoms with van der Waals surface area (Å²) in [5.74, 6) is 1.59. The number of hydrogen-bond acceptors (Lipinski definition) is 2. The fourth-order valence-corrected chi connectivity index (χ4v) is 2.44. The van der Waals surface area contributed by atoms with Crippen LogP contribution in [0.1, 0.15) is 44.1 Å². The SMILES string of the molecule is CC1CCC(c2ccc(N)c(N)c2)CC1. The molecule has 0 saturated heterocycles. The molecule has 4 N–H and O–H groups in total. The highest BCUT2D eigenvalue weighted by atomic mass is 14.7. The van der Waals surface area contributed by atoms with Gasteiger partial charge in [0.25, 0.3) is 0 Å². The van der Waals surface area contributed by atoms with E-state index < -0.39 is 0 Å². The van der Waals surface area contributed by atoms with Crippen molar-refractivity contribution in [3.8, 4) is 0 Å². The molecule has 0 bridgehead atoms. The van der Waals surface area contributed by atoms with Crippen molar-refractivity contribution in [1.82, 2.24) is 0 Å². The average Bonchev–Trinajstić information content (AvgIpc) is 2.23. The molecular weight excluding hydrogens is 184 g/mol. The Hall–Kier alpha value is -1.18. The van der Waals surface area contributed by atoms with Gasteiger partial charge in [-0.2, -0.15) is 0 Å². The van der Waals surface area contributed by atoms with E-state index in [1.54, 1.807) is 0 Å². The van der Waals surface area contributed by atoms with Gasteiger partial charge in [-0.15, -0.1) is 0 Å². The summed E-state index contributed by atoms with van der Waals surface area (Å²) >= 11 is 0. The lowest BCUT2D eigenvalue weighted by atomic mass is 9.79. The lowest BCUT2D eigenvalue weighted by molar-refractivity contribution is 0.348. The van der Waals surface area contributed by atoms with Gasteiger partial charge in [-0.1, -0.05) is 25.8 Å². The monoisotopic (exact) mass is 204 g/mol. The fraction of sp³-hybridized carbons (Fsp3) is 0.538. The predicted octanol–water partition coefficient (Wildman–Crippen LogP) is 3.14. The summed E-state index contributed by atoms with van der Waals surface area (Å²) in [7, 11) is 0. The van der Waals surface area contributed by atoms with Crippen LogP contribution in [-0.2, 0) is 0 Å². The van der Waals surface area contributed by atoms with Crippen molar-refractivity contribution in [1.29, 1.82) is 0 Å². The third-order valence-corrected chi connectivity index (χ3v) is 3.60. The van der Waals surface area contributed by atoms with Gasteiger partial charge in [0.05, 0.1) is 11.4 Å². The minimum Gasteiger partial charge on any atom is -0.397 e. The van der Waals surface area contributed by atoms with Crippen molar-refractivity contribution in [3.05, 3.63) is 23.8 Å². The molecule has 0 heterocycles.